The van der Waals surface area contributed by atoms with Crippen LogP contribution in [0.1, 0.15) is 0 Å². The van der Waals surface area contributed by atoms with Gasteiger partial charge in [-0.05, 0) is 7.05 Å². The van der Waals surface area contributed by atoms with E-state index in [0.29, 0.717) is 13.2 Å². The monoisotopic (exact) mass is 245 g/mol. The van der Waals surface area contributed by atoms with Gasteiger partial charge in [0, 0.05) is 6.54 Å². The lowest BCUT2D eigenvalue weighted by molar-refractivity contribution is 0.116. The first-order valence-electron chi connectivity index (χ1n) is 2.87. The quantitative estimate of drug-likeness (QED) is 0.548. The van der Waals surface area contributed by atoms with Crippen LogP contribution in [0.25, 0.3) is 0 Å². The van der Waals surface area contributed by atoms with Crippen LogP contribution in [0.5, 0.6) is 0 Å². The van der Waals surface area contributed by atoms with Crippen molar-refractivity contribution in [1.82, 2.24) is 5.32 Å². The molecule has 0 aliphatic rings. The summed E-state index contributed by atoms with van der Waals surface area (Å²) >= 11 is 1.85. The number of nitrogens with one attached hydrogen (secondary N) is 1. The first kappa shape index (κ1) is 9.61. The van der Waals surface area contributed by atoms with Crippen molar-refractivity contribution in [3.63, 3.8) is 0 Å². The Bertz CT molecular complexity index is 48.2. The smallest absolute Gasteiger partial charge is 0.109 e. The number of likely N-dealkylation sites (N-methyl/N-ethyl adjacent to an activating group) is 1. The van der Waals surface area contributed by atoms with Gasteiger partial charge in [0.25, 0.3) is 0 Å². The molecule has 0 spiro atoms. The third kappa shape index (κ3) is 8.61. The van der Waals surface area contributed by atoms with Gasteiger partial charge in [0.1, 0.15) is 23.0 Å². The number of rotatable bonds is 6. The topological polar surface area (TPSA) is 30.5 Å². The van der Waals surface area contributed by atoms with Crippen LogP contribution in [0.3, 0.4) is 0 Å². The molecule has 0 unspecified atom stereocenters. The predicted octanol–water partition coefficient (Wildman–Crippen LogP) is 0.589. The van der Waals surface area contributed by atoms with Crippen molar-refractivity contribution in [3.05, 3.63) is 0 Å². The summed E-state index contributed by atoms with van der Waals surface area (Å²) in [4.78, 5) is 0. The average Bonchev–Trinajstić information content (AvgIpc) is 1.89. The van der Waals surface area contributed by atoms with Crippen molar-refractivity contribution < 1.29 is 7.80 Å². The van der Waals surface area contributed by atoms with Gasteiger partial charge in [0.15, 0.2) is 0 Å². The molecule has 4 heteroatoms. The highest BCUT2D eigenvalue weighted by molar-refractivity contribution is 14.1. The van der Waals surface area contributed by atoms with Crippen molar-refractivity contribution in [1.29, 1.82) is 0 Å². The molecule has 0 aromatic carbocycles. The molecule has 0 rings (SSSR count). The molecule has 0 radical (unpaired) electrons. The maximum atomic E-state index is 5.12. The van der Waals surface area contributed by atoms with E-state index >= 15 is 0 Å². The maximum absolute atomic E-state index is 5.12. The fourth-order valence-electron chi connectivity index (χ4n) is 0.367. The van der Waals surface area contributed by atoms with E-state index < -0.39 is 0 Å². The lowest BCUT2D eigenvalue weighted by Gasteiger charge is -2.00. The molecule has 3 nitrogen and oxygen atoms in total. The maximum Gasteiger partial charge on any atom is 0.109 e. The van der Waals surface area contributed by atoms with Crippen LogP contribution in [0.4, 0.5) is 0 Å². The van der Waals surface area contributed by atoms with E-state index in [1.807, 2.05) is 30.1 Å². The van der Waals surface area contributed by atoms with Crippen LogP contribution in [0, 0.1) is 0 Å². The van der Waals surface area contributed by atoms with E-state index in [0.717, 1.165) is 13.2 Å². The Kier molecular flexibility index (Phi) is 9.19. The Morgan fingerprint density at radius 2 is 2.11 bits per heavy atom. The predicted molar refractivity (Wildman–Crippen MR) is 44.7 cm³/mol. The lowest BCUT2D eigenvalue weighted by Crippen LogP contribution is -2.15. The second kappa shape index (κ2) is 8.61. The molecule has 0 heterocycles. The van der Waals surface area contributed by atoms with Crippen molar-refractivity contribution >= 4 is 23.0 Å². The molecule has 0 amide bonds. The average molecular weight is 245 g/mol. The van der Waals surface area contributed by atoms with Crippen molar-refractivity contribution in [2.75, 3.05) is 33.4 Å². The summed E-state index contributed by atoms with van der Waals surface area (Å²) in [6.07, 6.45) is 0. The minimum absolute atomic E-state index is 0.671. The first-order chi connectivity index (χ1) is 4.41. The van der Waals surface area contributed by atoms with Crippen LogP contribution >= 0.6 is 23.0 Å². The highest BCUT2D eigenvalue weighted by Crippen LogP contribution is 1.83. The molecular formula is C5H12INO2. The third-order valence-corrected chi connectivity index (χ3v) is 1.24. The summed E-state index contributed by atoms with van der Waals surface area (Å²) in [5, 5.41) is 2.98. The van der Waals surface area contributed by atoms with Crippen LogP contribution in [-0.4, -0.2) is 33.4 Å². The molecule has 0 atom stereocenters. The van der Waals surface area contributed by atoms with Crippen LogP contribution < -0.4 is 5.32 Å². The minimum Gasteiger partial charge on any atom is -0.378 e. The van der Waals surface area contributed by atoms with Gasteiger partial charge in [-0.3, -0.25) is 0 Å². The summed E-state index contributed by atoms with van der Waals surface area (Å²) in [6.45, 7) is 3.02. The van der Waals surface area contributed by atoms with E-state index in [9.17, 15) is 0 Å². The molecule has 0 aromatic rings. The molecule has 0 aromatic heterocycles. The summed E-state index contributed by atoms with van der Waals surface area (Å²) in [5.74, 6) is 0. The van der Waals surface area contributed by atoms with Crippen molar-refractivity contribution in [2.24, 2.45) is 0 Å². The molecule has 9 heavy (non-hydrogen) atoms. The zero-order valence-electron chi connectivity index (χ0n) is 5.52. The number of ether oxygens (including phenoxy) is 1. The Morgan fingerprint density at radius 1 is 1.33 bits per heavy atom. The van der Waals surface area contributed by atoms with Gasteiger partial charge in [0.05, 0.1) is 19.8 Å². The summed E-state index contributed by atoms with van der Waals surface area (Å²) < 4.78 is 9.87. The highest BCUT2D eigenvalue weighted by atomic mass is 127. The minimum atomic E-state index is 0.671. The molecule has 0 aliphatic heterocycles. The molecule has 0 saturated heterocycles. The normalized spacial score (nSPS) is 10.0. The van der Waals surface area contributed by atoms with E-state index in [1.165, 1.54) is 0 Å². The van der Waals surface area contributed by atoms with Crippen molar-refractivity contribution in [2.45, 2.75) is 0 Å². The zero-order valence-corrected chi connectivity index (χ0v) is 7.68. The lowest BCUT2D eigenvalue weighted by atomic mass is 10.7. The highest BCUT2D eigenvalue weighted by Gasteiger charge is 1.84. The van der Waals surface area contributed by atoms with E-state index in [1.54, 1.807) is 0 Å². The van der Waals surface area contributed by atoms with E-state index in [4.69, 9.17) is 7.80 Å². The molecule has 56 valence electrons. The SMILES string of the molecule is CNCCOCCOI. The Hall–Kier alpha value is 0.610. The van der Waals surface area contributed by atoms with Crippen LogP contribution in [0.15, 0.2) is 0 Å². The zero-order chi connectivity index (χ0) is 6.95. The summed E-state index contributed by atoms with van der Waals surface area (Å²) in [6, 6.07) is 0. The Balaban J connectivity index is 2.60. The number of halogens is 1. The van der Waals surface area contributed by atoms with Gasteiger partial charge in [-0.25, -0.2) is 0 Å². The molecule has 0 saturated carbocycles. The Morgan fingerprint density at radius 3 is 2.67 bits per heavy atom. The van der Waals surface area contributed by atoms with Gasteiger partial charge in [-0.2, -0.15) is 0 Å². The van der Waals surface area contributed by atoms with Crippen molar-refractivity contribution in [3.8, 4) is 0 Å². The molecule has 0 fully saturated rings. The summed E-state index contributed by atoms with van der Waals surface area (Å²) in [7, 11) is 1.90. The fraction of sp³-hybridized carbons (Fsp3) is 1.00. The van der Waals surface area contributed by atoms with Gasteiger partial charge in [-0.15, -0.1) is 0 Å². The Labute approximate surface area is 69.8 Å². The van der Waals surface area contributed by atoms with E-state index in [-0.39, 0.29) is 0 Å². The molecular weight excluding hydrogens is 233 g/mol. The number of hydrogen-bond donors (Lipinski definition) is 1. The van der Waals surface area contributed by atoms with Crippen LogP contribution in [0.2, 0.25) is 0 Å². The van der Waals surface area contributed by atoms with E-state index in [2.05, 4.69) is 5.32 Å². The van der Waals surface area contributed by atoms with Crippen LogP contribution in [-0.2, 0) is 7.80 Å². The number of hydrogen-bond acceptors (Lipinski definition) is 3. The molecule has 0 aliphatic carbocycles. The third-order valence-electron chi connectivity index (χ3n) is 0.801. The second-order valence-corrected chi connectivity index (χ2v) is 2.15. The van der Waals surface area contributed by atoms with Gasteiger partial charge in [0.2, 0.25) is 0 Å². The largest absolute Gasteiger partial charge is 0.378 e. The fourth-order valence-corrected chi connectivity index (χ4v) is 0.547. The standard InChI is InChI=1S/C5H12INO2/c1-7-2-3-8-4-5-9-6/h7H,2-5H2,1H3. The van der Waals surface area contributed by atoms with Gasteiger partial charge >= 0.3 is 0 Å². The molecule has 1 N–H and O–H groups in total. The van der Waals surface area contributed by atoms with Gasteiger partial charge < -0.3 is 13.1 Å². The first-order valence-corrected chi connectivity index (χ1v) is 3.75. The second-order valence-electron chi connectivity index (χ2n) is 1.53. The molecule has 0 bridgehead atoms. The summed E-state index contributed by atoms with van der Waals surface area (Å²) in [5.41, 5.74) is 0. The van der Waals surface area contributed by atoms with Gasteiger partial charge in [-0.1, -0.05) is 0 Å².